The summed E-state index contributed by atoms with van der Waals surface area (Å²) in [5.41, 5.74) is -2.36. The van der Waals surface area contributed by atoms with Crippen LogP contribution in [0.3, 0.4) is 0 Å². The third-order valence-electron chi connectivity index (χ3n) is 5.37. The first-order valence-electron chi connectivity index (χ1n) is 9.10. The SMILES string of the molecule is CC(=O)OC(OC(C)=O)C12C=CC(O1)C1C(=O)N(c3ccc(Br)cc3[N+](=O)[O-])C(=O)C12. The van der Waals surface area contributed by atoms with E-state index in [0.29, 0.717) is 4.47 Å². The summed E-state index contributed by atoms with van der Waals surface area (Å²) in [4.78, 5) is 61.4. The number of carbonyl (C=O) groups excluding carboxylic acids is 4. The second-order valence-corrected chi connectivity index (χ2v) is 8.17. The lowest BCUT2D eigenvalue weighted by Gasteiger charge is -2.34. The molecule has 11 nitrogen and oxygen atoms in total. The predicted molar refractivity (Wildman–Crippen MR) is 104 cm³/mol. The molecular formula is C19H15BrN2O9. The van der Waals surface area contributed by atoms with Crippen LogP contribution in [0, 0.1) is 22.0 Å². The molecule has 31 heavy (non-hydrogen) atoms. The number of fused-ring (bicyclic) bond motifs is 5. The minimum atomic E-state index is -1.72. The van der Waals surface area contributed by atoms with E-state index in [1.54, 1.807) is 0 Å². The minimum Gasteiger partial charge on any atom is -0.422 e. The van der Waals surface area contributed by atoms with Gasteiger partial charge in [0.2, 0.25) is 11.8 Å². The molecular weight excluding hydrogens is 480 g/mol. The molecule has 1 aromatic carbocycles. The smallest absolute Gasteiger partial charge is 0.305 e. The summed E-state index contributed by atoms with van der Waals surface area (Å²) in [7, 11) is 0. The van der Waals surface area contributed by atoms with Gasteiger partial charge >= 0.3 is 11.9 Å². The van der Waals surface area contributed by atoms with Crippen molar-refractivity contribution >= 4 is 51.1 Å². The van der Waals surface area contributed by atoms with Gasteiger partial charge < -0.3 is 14.2 Å². The molecule has 0 saturated carbocycles. The Kier molecular flexibility index (Phi) is 4.93. The van der Waals surface area contributed by atoms with Crippen LogP contribution >= 0.6 is 15.9 Å². The molecule has 1 aromatic rings. The van der Waals surface area contributed by atoms with Gasteiger partial charge in [-0.05, 0) is 18.2 Å². The third-order valence-corrected chi connectivity index (χ3v) is 5.86. The number of anilines is 1. The van der Waals surface area contributed by atoms with Crippen molar-refractivity contribution in [1.29, 1.82) is 0 Å². The first kappa shape index (κ1) is 21.1. The summed E-state index contributed by atoms with van der Waals surface area (Å²) in [5, 5.41) is 11.5. The molecule has 12 heteroatoms. The summed E-state index contributed by atoms with van der Waals surface area (Å²) in [6, 6.07) is 3.94. The number of nitro benzene ring substituents is 1. The molecule has 3 aliphatic rings. The fourth-order valence-electron chi connectivity index (χ4n) is 4.29. The van der Waals surface area contributed by atoms with Crippen LogP contribution in [0.25, 0.3) is 0 Å². The van der Waals surface area contributed by atoms with Crippen molar-refractivity contribution in [3.05, 3.63) is 44.9 Å². The number of rotatable bonds is 5. The maximum Gasteiger partial charge on any atom is 0.305 e. The predicted octanol–water partition coefficient (Wildman–Crippen LogP) is 1.62. The number of nitro groups is 1. The molecule has 2 fully saturated rings. The molecule has 4 unspecified atom stereocenters. The second-order valence-electron chi connectivity index (χ2n) is 7.25. The average molecular weight is 495 g/mol. The van der Waals surface area contributed by atoms with E-state index in [2.05, 4.69) is 15.9 Å². The van der Waals surface area contributed by atoms with E-state index in [1.807, 2.05) is 0 Å². The zero-order valence-corrected chi connectivity index (χ0v) is 17.7. The quantitative estimate of drug-likeness (QED) is 0.149. The highest BCUT2D eigenvalue weighted by atomic mass is 79.9. The lowest BCUT2D eigenvalue weighted by atomic mass is 9.76. The standard InChI is InChI=1S/C19H15BrN2O9/c1-8(23)29-18(30-9(2)24)19-6-5-13(31-19)14-15(19)17(26)21(16(14)25)11-4-3-10(20)7-12(11)22(27)28/h3-7,13-15,18H,1-2H3. The highest BCUT2D eigenvalue weighted by Gasteiger charge is 2.72. The van der Waals surface area contributed by atoms with Gasteiger partial charge in [-0.1, -0.05) is 22.0 Å². The third kappa shape index (κ3) is 3.13. The van der Waals surface area contributed by atoms with E-state index >= 15 is 0 Å². The molecule has 0 N–H and O–H groups in total. The number of carbonyl (C=O) groups is 4. The number of halogens is 1. The van der Waals surface area contributed by atoms with Gasteiger partial charge in [0.1, 0.15) is 5.69 Å². The van der Waals surface area contributed by atoms with Crippen LogP contribution in [-0.2, 0) is 33.4 Å². The molecule has 4 rings (SSSR count). The van der Waals surface area contributed by atoms with E-state index < -0.39 is 64.2 Å². The molecule has 3 aliphatic heterocycles. The number of amides is 2. The molecule has 0 aliphatic carbocycles. The number of hydrogen-bond donors (Lipinski definition) is 0. The zero-order valence-electron chi connectivity index (χ0n) is 16.1. The Morgan fingerprint density at radius 2 is 1.87 bits per heavy atom. The monoisotopic (exact) mass is 494 g/mol. The van der Waals surface area contributed by atoms with Gasteiger partial charge in [-0.2, -0.15) is 0 Å². The largest absolute Gasteiger partial charge is 0.422 e. The summed E-state index contributed by atoms with van der Waals surface area (Å²) in [6.07, 6.45) is 0.483. The fraction of sp³-hybridized carbons (Fsp3) is 0.368. The van der Waals surface area contributed by atoms with Crippen molar-refractivity contribution < 1.29 is 38.3 Å². The van der Waals surface area contributed by atoms with Crippen LogP contribution in [0.15, 0.2) is 34.8 Å². The average Bonchev–Trinajstić information content (AvgIpc) is 3.32. The number of esters is 2. The maximum absolute atomic E-state index is 13.4. The van der Waals surface area contributed by atoms with Crippen molar-refractivity contribution in [3.8, 4) is 0 Å². The highest BCUT2D eigenvalue weighted by molar-refractivity contribution is 9.10. The number of hydrogen-bond acceptors (Lipinski definition) is 9. The normalized spacial score (nSPS) is 28.3. The van der Waals surface area contributed by atoms with Crippen LogP contribution in [0.4, 0.5) is 11.4 Å². The fourth-order valence-corrected chi connectivity index (χ4v) is 4.64. The topological polar surface area (TPSA) is 142 Å². The Balaban J connectivity index is 1.79. The first-order chi connectivity index (χ1) is 14.6. The van der Waals surface area contributed by atoms with Crippen LogP contribution in [-0.4, -0.2) is 46.7 Å². The summed E-state index contributed by atoms with van der Waals surface area (Å²) in [6.45, 7) is 2.18. The number of nitrogens with zero attached hydrogens (tertiary/aromatic N) is 2. The van der Waals surface area contributed by atoms with Crippen LogP contribution in [0.5, 0.6) is 0 Å². The molecule has 2 saturated heterocycles. The van der Waals surface area contributed by atoms with Gasteiger partial charge in [0.15, 0.2) is 5.60 Å². The molecule has 0 aromatic heterocycles. The van der Waals surface area contributed by atoms with Gasteiger partial charge in [-0.15, -0.1) is 0 Å². The Labute approximate surface area is 183 Å². The molecule has 2 amide bonds. The molecule has 2 bridgehead atoms. The number of benzene rings is 1. The first-order valence-corrected chi connectivity index (χ1v) is 9.89. The van der Waals surface area contributed by atoms with Gasteiger partial charge in [-0.3, -0.25) is 29.3 Å². The zero-order chi connectivity index (χ0) is 22.7. The molecule has 3 heterocycles. The molecule has 0 spiro atoms. The minimum absolute atomic E-state index is 0.191. The van der Waals surface area contributed by atoms with Crippen LogP contribution in [0.2, 0.25) is 0 Å². The van der Waals surface area contributed by atoms with Crippen molar-refractivity contribution in [2.45, 2.75) is 31.8 Å². The molecule has 0 radical (unpaired) electrons. The summed E-state index contributed by atoms with van der Waals surface area (Å²) >= 11 is 3.13. The molecule has 4 atom stereocenters. The van der Waals surface area contributed by atoms with Gasteiger partial charge in [0.25, 0.3) is 12.0 Å². The highest BCUT2D eigenvalue weighted by Crippen LogP contribution is 2.55. The number of ether oxygens (including phenoxy) is 3. The van der Waals surface area contributed by atoms with Crippen molar-refractivity contribution in [2.75, 3.05) is 4.90 Å². The Bertz CT molecular complexity index is 1050. The van der Waals surface area contributed by atoms with E-state index in [1.165, 1.54) is 30.4 Å². The number of imide groups is 1. The lowest BCUT2D eigenvalue weighted by Crippen LogP contribution is -2.52. The maximum atomic E-state index is 13.4. The summed E-state index contributed by atoms with van der Waals surface area (Å²) in [5.74, 6) is -5.28. The van der Waals surface area contributed by atoms with E-state index in [9.17, 15) is 29.3 Å². The molecule has 162 valence electrons. The van der Waals surface area contributed by atoms with Crippen LogP contribution < -0.4 is 4.90 Å². The van der Waals surface area contributed by atoms with E-state index in [-0.39, 0.29) is 5.69 Å². The van der Waals surface area contributed by atoms with Gasteiger partial charge in [0.05, 0.1) is 22.9 Å². The van der Waals surface area contributed by atoms with Crippen LogP contribution in [0.1, 0.15) is 13.8 Å². The van der Waals surface area contributed by atoms with E-state index in [0.717, 1.165) is 18.7 Å². The van der Waals surface area contributed by atoms with Gasteiger partial charge in [-0.25, -0.2) is 4.90 Å². The van der Waals surface area contributed by atoms with Crippen molar-refractivity contribution in [2.24, 2.45) is 11.8 Å². The van der Waals surface area contributed by atoms with E-state index in [4.69, 9.17) is 14.2 Å². The van der Waals surface area contributed by atoms with Crippen molar-refractivity contribution in [3.63, 3.8) is 0 Å². The Morgan fingerprint density at radius 3 is 2.45 bits per heavy atom. The summed E-state index contributed by atoms with van der Waals surface area (Å²) < 4.78 is 16.5. The van der Waals surface area contributed by atoms with Crippen molar-refractivity contribution in [1.82, 2.24) is 0 Å². The van der Waals surface area contributed by atoms with Gasteiger partial charge in [0, 0.05) is 24.4 Å². The Hall–Kier alpha value is -3.12. The lowest BCUT2D eigenvalue weighted by molar-refractivity contribution is -0.384. The Morgan fingerprint density at radius 1 is 1.23 bits per heavy atom. The second kappa shape index (κ2) is 7.24.